The van der Waals surface area contributed by atoms with Crippen LogP contribution < -0.4 is 5.32 Å². The van der Waals surface area contributed by atoms with Crippen molar-refractivity contribution in [3.8, 4) is 17.1 Å². The zero-order chi connectivity index (χ0) is 16.2. The minimum absolute atomic E-state index is 0.140. The second-order valence-corrected chi connectivity index (χ2v) is 6.42. The predicted molar refractivity (Wildman–Crippen MR) is 89.6 cm³/mol. The van der Waals surface area contributed by atoms with Crippen molar-refractivity contribution in [2.24, 2.45) is 7.05 Å². The van der Waals surface area contributed by atoms with Crippen molar-refractivity contribution in [3.63, 3.8) is 0 Å². The van der Waals surface area contributed by atoms with E-state index >= 15 is 0 Å². The molecular formula is C14H13N5O2S2. The molecule has 0 radical (unpaired) electrons. The normalized spacial score (nSPS) is 10.7. The monoisotopic (exact) mass is 347 g/mol. The number of benzene rings is 1. The molecule has 0 saturated carbocycles. The third kappa shape index (κ3) is 3.69. The quantitative estimate of drug-likeness (QED) is 0.688. The lowest BCUT2D eigenvalue weighted by Crippen LogP contribution is -2.14. The number of thioether (sulfide) groups is 1. The number of phenols is 1. The van der Waals surface area contributed by atoms with Crippen molar-refractivity contribution >= 4 is 34.1 Å². The minimum atomic E-state index is -0.140. The van der Waals surface area contributed by atoms with Gasteiger partial charge in [0.05, 0.1) is 5.75 Å². The summed E-state index contributed by atoms with van der Waals surface area (Å²) in [6, 6.07) is 6.72. The number of amides is 1. The molecule has 0 aliphatic carbocycles. The molecule has 0 unspecified atom stereocenters. The molecule has 0 aliphatic rings. The Morgan fingerprint density at radius 3 is 2.83 bits per heavy atom. The summed E-state index contributed by atoms with van der Waals surface area (Å²) in [5.74, 6) is 0.956. The number of nitrogens with one attached hydrogen (secondary N) is 1. The van der Waals surface area contributed by atoms with Crippen molar-refractivity contribution in [3.05, 3.63) is 35.8 Å². The summed E-state index contributed by atoms with van der Waals surface area (Å²) in [5, 5.41) is 23.3. The predicted octanol–water partition coefficient (Wildman–Crippen LogP) is 2.38. The van der Waals surface area contributed by atoms with Crippen molar-refractivity contribution < 1.29 is 9.90 Å². The van der Waals surface area contributed by atoms with Crippen LogP contribution in [-0.2, 0) is 11.8 Å². The van der Waals surface area contributed by atoms with Crippen LogP contribution in [0.4, 0.5) is 5.13 Å². The highest BCUT2D eigenvalue weighted by Gasteiger charge is 2.13. The second kappa shape index (κ2) is 6.80. The van der Waals surface area contributed by atoms with Gasteiger partial charge in [0.1, 0.15) is 5.75 Å². The number of phenolic OH excluding ortho intramolecular Hbond substituents is 1. The molecule has 3 aromatic rings. The summed E-state index contributed by atoms with van der Waals surface area (Å²) in [4.78, 5) is 15.9. The Kier molecular flexibility index (Phi) is 4.58. The van der Waals surface area contributed by atoms with Gasteiger partial charge in [0.2, 0.25) is 5.91 Å². The van der Waals surface area contributed by atoms with Crippen LogP contribution in [0.2, 0.25) is 0 Å². The van der Waals surface area contributed by atoms with Gasteiger partial charge in [0.25, 0.3) is 0 Å². The summed E-state index contributed by atoms with van der Waals surface area (Å²) >= 11 is 2.67. The topological polar surface area (TPSA) is 92.9 Å². The van der Waals surface area contributed by atoms with Crippen LogP contribution in [0, 0.1) is 0 Å². The number of nitrogens with zero attached hydrogens (tertiary/aromatic N) is 4. The van der Waals surface area contributed by atoms with E-state index in [0.717, 1.165) is 5.56 Å². The molecule has 0 bridgehead atoms. The van der Waals surface area contributed by atoms with Gasteiger partial charge in [-0.1, -0.05) is 11.8 Å². The molecule has 0 aliphatic heterocycles. The second-order valence-electron chi connectivity index (χ2n) is 4.59. The van der Waals surface area contributed by atoms with Crippen molar-refractivity contribution in [1.82, 2.24) is 19.7 Å². The number of rotatable bonds is 5. The number of anilines is 1. The fourth-order valence-electron chi connectivity index (χ4n) is 1.87. The molecule has 1 aromatic carbocycles. The highest BCUT2D eigenvalue weighted by atomic mass is 32.2. The first-order valence-electron chi connectivity index (χ1n) is 6.64. The molecule has 0 atom stereocenters. The average Bonchev–Trinajstić information content (AvgIpc) is 3.16. The molecule has 9 heteroatoms. The van der Waals surface area contributed by atoms with Gasteiger partial charge in [-0.2, -0.15) is 0 Å². The van der Waals surface area contributed by atoms with E-state index in [0.29, 0.717) is 16.1 Å². The molecule has 0 spiro atoms. The fourth-order valence-corrected chi connectivity index (χ4v) is 3.13. The van der Waals surface area contributed by atoms with Crippen LogP contribution >= 0.6 is 23.1 Å². The summed E-state index contributed by atoms with van der Waals surface area (Å²) in [6.07, 6.45) is 1.64. The Morgan fingerprint density at radius 1 is 1.35 bits per heavy atom. The molecule has 3 rings (SSSR count). The van der Waals surface area contributed by atoms with E-state index < -0.39 is 0 Å². The lowest BCUT2D eigenvalue weighted by molar-refractivity contribution is -0.113. The van der Waals surface area contributed by atoms with E-state index in [1.54, 1.807) is 35.8 Å². The number of hydrogen-bond acceptors (Lipinski definition) is 7. The van der Waals surface area contributed by atoms with E-state index in [-0.39, 0.29) is 17.4 Å². The first kappa shape index (κ1) is 15.5. The van der Waals surface area contributed by atoms with Crippen LogP contribution in [0.3, 0.4) is 0 Å². The van der Waals surface area contributed by atoms with Gasteiger partial charge in [-0.25, -0.2) is 4.98 Å². The molecule has 2 aromatic heterocycles. The third-order valence-corrected chi connectivity index (χ3v) is 4.68. The molecular weight excluding hydrogens is 334 g/mol. The van der Waals surface area contributed by atoms with E-state index in [4.69, 9.17) is 0 Å². The fraction of sp³-hybridized carbons (Fsp3) is 0.143. The van der Waals surface area contributed by atoms with E-state index in [1.807, 2.05) is 11.6 Å². The first-order chi connectivity index (χ1) is 11.1. The Hall–Kier alpha value is -2.39. The number of hydrogen-bond donors (Lipinski definition) is 2. The lowest BCUT2D eigenvalue weighted by atomic mass is 10.2. The van der Waals surface area contributed by atoms with Crippen LogP contribution in [0.1, 0.15) is 0 Å². The number of aromatic hydroxyl groups is 1. The highest BCUT2D eigenvalue weighted by Crippen LogP contribution is 2.24. The Morgan fingerprint density at radius 2 is 2.13 bits per heavy atom. The molecule has 1 amide bonds. The molecule has 118 valence electrons. The zero-order valence-electron chi connectivity index (χ0n) is 12.1. The molecule has 2 heterocycles. The summed E-state index contributed by atoms with van der Waals surface area (Å²) in [5.41, 5.74) is 0.844. The van der Waals surface area contributed by atoms with E-state index in [2.05, 4.69) is 20.5 Å². The zero-order valence-corrected chi connectivity index (χ0v) is 13.8. The summed E-state index contributed by atoms with van der Waals surface area (Å²) in [6.45, 7) is 0. The van der Waals surface area contributed by atoms with Crippen LogP contribution in [0.5, 0.6) is 5.75 Å². The molecule has 7 nitrogen and oxygen atoms in total. The molecule has 0 saturated heterocycles. The van der Waals surface area contributed by atoms with Gasteiger partial charge in [0, 0.05) is 24.2 Å². The highest BCUT2D eigenvalue weighted by molar-refractivity contribution is 7.99. The lowest BCUT2D eigenvalue weighted by Gasteiger charge is -2.04. The van der Waals surface area contributed by atoms with E-state index in [1.165, 1.54) is 23.1 Å². The van der Waals surface area contributed by atoms with Gasteiger partial charge in [-0.15, -0.1) is 21.5 Å². The number of carbonyl (C=O) groups is 1. The van der Waals surface area contributed by atoms with Crippen molar-refractivity contribution in [2.75, 3.05) is 11.1 Å². The standard InChI is InChI=1S/C14H13N5O2S2/c1-19-12(9-2-4-10(20)5-3-9)17-18-14(19)23-8-11(21)16-13-15-6-7-22-13/h2-7,20H,8H2,1H3,(H,15,16,21). The van der Waals surface area contributed by atoms with Crippen LogP contribution in [-0.4, -0.2) is 36.5 Å². The summed E-state index contributed by atoms with van der Waals surface area (Å²) in [7, 11) is 1.84. The average molecular weight is 347 g/mol. The van der Waals surface area contributed by atoms with Gasteiger partial charge in [0.15, 0.2) is 16.1 Å². The van der Waals surface area contributed by atoms with Gasteiger partial charge in [-0.3, -0.25) is 4.79 Å². The van der Waals surface area contributed by atoms with Crippen molar-refractivity contribution in [2.45, 2.75) is 5.16 Å². The van der Waals surface area contributed by atoms with Gasteiger partial charge in [-0.05, 0) is 24.3 Å². The minimum Gasteiger partial charge on any atom is -0.508 e. The largest absolute Gasteiger partial charge is 0.508 e. The maximum Gasteiger partial charge on any atom is 0.236 e. The van der Waals surface area contributed by atoms with Gasteiger partial charge < -0.3 is 15.0 Å². The smallest absolute Gasteiger partial charge is 0.236 e. The van der Waals surface area contributed by atoms with E-state index in [9.17, 15) is 9.90 Å². The Balaban J connectivity index is 1.65. The SMILES string of the molecule is Cn1c(SCC(=O)Nc2nccs2)nnc1-c1ccc(O)cc1. The summed E-state index contributed by atoms with van der Waals surface area (Å²) < 4.78 is 1.81. The van der Waals surface area contributed by atoms with Crippen LogP contribution in [0.15, 0.2) is 41.0 Å². The molecule has 23 heavy (non-hydrogen) atoms. The Bertz CT molecular complexity index is 799. The van der Waals surface area contributed by atoms with Crippen LogP contribution in [0.25, 0.3) is 11.4 Å². The van der Waals surface area contributed by atoms with Gasteiger partial charge >= 0.3 is 0 Å². The number of thiazole rings is 1. The molecule has 2 N–H and O–H groups in total. The number of aromatic nitrogens is 4. The Labute approximate surface area is 140 Å². The molecule has 0 fully saturated rings. The first-order valence-corrected chi connectivity index (χ1v) is 8.51. The van der Waals surface area contributed by atoms with Crippen molar-refractivity contribution in [1.29, 1.82) is 0 Å². The number of carbonyl (C=O) groups excluding carboxylic acids is 1. The third-order valence-electron chi connectivity index (χ3n) is 2.97. The maximum absolute atomic E-state index is 11.9. The maximum atomic E-state index is 11.9.